The van der Waals surface area contributed by atoms with Crippen LogP contribution in [0.4, 0.5) is 0 Å². The van der Waals surface area contributed by atoms with Crippen molar-refractivity contribution in [2.45, 2.75) is 39.2 Å². The van der Waals surface area contributed by atoms with Gasteiger partial charge in [-0.05, 0) is 26.2 Å². The first-order valence-corrected chi connectivity index (χ1v) is 6.63. The summed E-state index contributed by atoms with van der Waals surface area (Å²) >= 11 is 0. The average Bonchev–Trinajstić information content (AvgIpc) is 2.15. The highest BCUT2D eigenvalue weighted by Gasteiger charge is 2.21. The molecule has 0 heterocycles. The Hall–Kier alpha value is -0.130. The number of unbranched alkanes of at least 4 members (excludes halogenated alkanes) is 1. The lowest BCUT2D eigenvalue weighted by Gasteiger charge is -2.22. The maximum absolute atomic E-state index is 11.6. The van der Waals surface area contributed by atoms with Gasteiger partial charge in [-0.25, -0.2) is 12.7 Å². The highest BCUT2D eigenvalue weighted by atomic mass is 32.2. The normalized spacial score (nSPS) is 14.6. The van der Waals surface area contributed by atoms with E-state index in [1.807, 2.05) is 13.8 Å². The van der Waals surface area contributed by atoms with Crippen LogP contribution in [0.1, 0.15) is 33.1 Å². The van der Waals surface area contributed by atoms with Crippen LogP contribution < -0.4 is 0 Å². The first kappa shape index (κ1) is 13.9. The molecule has 0 spiro atoms. The molecule has 86 valence electrons. The van der Waals surface area contributed by atoms with Crippen LogP contribution in [0.3, 0.4) is 0 Å². The molecule has 0 aromatic heterocycles. The quantitative estimate of drug-likeness (QED) is 0.650. The molecule has 0 rings (SSSR count). The second-order valence-corrected chi connectivity index (χ2v) is 5.67. The van der Waals surface area contributed by atoms with Gasteiger partial charge in [-0.1, -0.05) is 6.92 Å². The summed E-state index contributed by atoms with van der Waals surface area (Å²) in [6.45, 7) is 3.91. The second kappa shape index (κ2) is 6.37. The zero-order valence-electron chi connectivity index (χ0n) is 9.23. The Labute approximate surface area is 87.0 Å². The minimum atomic E-state index is -3.12. The molecule has 5 heteroatoms. The summed E-state index contributed by atoms with van der Waals surface area (Å²) in [4.78, 5) is 0. The summed E-state index contributed by atoms with van der Waals surface area (Å²) in [5.74, 6) is 0.133. The van der Waals surface area contributed by atoms with Crippen LogP contribution >= 0.6 is 0 Å². The van der Waals surface area contributed by atoms with Crippen LogP contribution in [0.25, 0.3) is 0 Å². The third-order valence-corrected chi connectivity index (χ3v) is 4.50. The molecule has 0 aliphatic carbocycles. The zero-order chi connectivity index (χ0) is 11.2. The van der Waals surface area contributed by atoms with Gasteiger partial charge in [0.25, 0.3) is 0 Å². The monoisotopic (exact) mass is 223 g/mol. The summed E-state index contributed by atoms with van der Waals surface area (Å²) in [7, 11) is -1.51. The number of aliphatic hydroxyl groups excluding tert-OH is 1. The molecular formula is C9H21NO3S. The summed E-state index contributed by atoms with van der Waals surface area (Å²) in [6, 6.07) is 0.0501. The molecule has 0 bridgehead atoms. The van der Waals surface area contributed by atoms with E-state index in [4.69, 9.17) is 5.11 Å². The van der Waals surface area contributed by atoms with E-state index in [1.165, 1.54) is 4.31 Å². The van der Waals surface area contributed by atoms with E-state index in [9.17, 15) is 8.42 Å². The highest BCUT2D eigenvalue weighted by molar-refractivity contribution is 7.89. The number of sulfonamides is 1. The van der Waals surface area contributed by atoms with Gasteiger partial charge in [-0.3, -0.25) is 0 Å². The predicted octanol–water partition coefficient (Wildman–Crippen LogP) is 0.819. The number of nitrogens with zero attached hydrogens (tertiary/aromatic N) is 1. The van der Waals surface area contributed by atoms with Crippen molar-refractivity contribution in [3.05, 3.63) is 0 Å². The number of hydrogen-bond acceptors (Lipinski definition) is 3. The Morgan fingerprint density at radius 3 is 2.36 bits per heavy atom. The molecule has 4 nitrogen and oxygen atoms in total. The molecular weight excluding hydrogens is 202 g/mol. The van der Waals surface area contributed by atoms with Gasteiger partial charge >= 0.3 is 0 Å². The van der Waals surface area contributed by atoms with Crippen molar-refractivity contribution in [1.82, 2.24) is 4.31 Å². The summed E-state index contributed by atoms with van der Waals surface area (Å²) in [5, 5.41) is 8.55. The van der Waals surface area contributed by atoms with E-state index in [2.05, 4.69) is 0 Å². The van der Waals surface area contributed by atoms with E-state index < -0.39 is 10.0 Å². The van der Waals surface area contributed by atoms with E-state index in [0.29, 0.717) is 12.8 Å². The van der Waals surface area contributed by atoms with Crippen LogP contribution in [0, 0.1) is 0 Å². The minimum Gasteiger partial charge on any atom is -0.396 e. The fourth-order valence-electron chi connectivity index (χ4n) is 1.07. The van der Waals surface area contributed by atoms with Gasteiger partial charge in [0.2, 0.25) is 10.0 Å². The van der Waals surface area contributed by atoms with Gasteiger partial charge < -0.3 is 5.11 Å². The Balaban J connectivity index is 4.17. The van der Waals surface area contributed by atoms with Crippen LogP contribution in [-0.4, -0.2) is 43.3 Å². The Morgan fingerprint density at radius 1 is 1.36 bits per heavy atom. The van der Waals surface area contributed by atoms with E-state index in [-0.39, 0.29) is 18.4 Å². The number of rotatable bonds is 7. The molecule has 0 aliphatic heterocycles. The van der Waals surface area contributed by atoms with E-state index in [1.54, 1.807) is 7.05 Å². The zero-order valence-corrected chi connectivity index (χ0v) is 10.0. The van der Waals surface area contributed by atoms with Gasteiger partial charge in [-0.15, -0.1) is 0 Å². The molecule has 0 fully saturated rings. The van der Waals surface area contributed by atoms with Crippen LogP contribution in [-0.2, 0) is 10.0 Å². The molecule has 1 atom stereocenters. The van der Waals surface area contributed by atoms with Crippen molar-refractivity contribution in [3.63, 3.8) is 0 Å². The lowest BCUT2D eigenvalue weighted by molar-refractivity contribution is 0.286. The van der Waals surface area contributed by atoms with Gasteiger partial charge in [0, 0.05) is 19.7 Å². The van der Waals surface area contributed by atoms with Crippen molar-refractivity contribution in [2.24, 2.45) is 0 Å². The molecule has 14 heavy (non-hydrogen) atoms. The third-order valence-electron chi connectivity index (χ3n) is 2.46. The summed E-state index contributed by atoms with van der Waals surface area (Å²) in [5.41, 5.74) is 0. The van der Waals surface area contributed by atoms with Crippen LogP contribution in [0.5, 0.6) is 0 Å². The van der Waals surface area contributed by atoms with Crippen LogP contribution in [0.15, 0.2) is 0 Å². The number of hydrogen-bond donors (Lipinski definition) is 1. The lowest BCUT2D eigenvalue weighted by Crippen LogP contribution is -2.36. The van der Waals surface area contributed by atoms with Gasteiger partial charge in [0.05, 0.1) is 5.75 Å². The third kappa shape index (κ3) is 4.39. The molecule has 0 amide bonds. The van der Waals surface area contributed by atoms with Gasteiger partial charge in [0.15, 0.2) is 0 Å². The number of aliphatic hydroxyl groups is 1. The maximum atomic E-state index is 11.6. The van der Waals surface area contributed by atoms with Crippen molar-refractivity contribution < 1.29 is 13.5 Å². The Morgan fingerprint density at radius 2 is 1.93 bits per heavy atom. The summed E-state index contributed by atoms with van der Waals surface area (Å²) in [6.07, 6.45) is 1.89. The molecule has 1 unspecified atom stereocenters. The summed E-state index contributed by atoms with van der Waals surface area (Å²) < 4.78 is 24.7. The topological polar surface area (TPSA) is 57.6 Å². The molecule has 0 saturated heterocycles. The van der Waals surface area contributed by atoms with E-state index >= 15 is 0 Å². The lowest BCUT2D eigenvalue weighted by atomic mass is 10.3. The molecule has 0 aromatic rings. The van der Waals surface area contributed by atoms with Crippen molar-refractivity contribution in [2.75, 3.05) is 19.4 Å². The Kier molecular flexibility index (Phi) is 6.31. The fraction of sp³-hybridized carbons (Fsp3) is 1.00. The van der Waals surface area contributed by atoms with Crippen molar-refractivity contribution >= 4 is 10.0 Å². The fourth-order valence-corrected chi connectivity index (χ4v) is 2.63. The first-order chi connectivity index (χ1) is 6.45. The minimum absolute atomic E-state index is 0.0501. The smallest absolute Gasteiger partial charge is 0.214 e. The standard InChI is InChI=1S/C9H21NO3S/c1-4-9(2)10(3)14(12,13)8-6-5-7-11/h9,11H,4-8H2,1-3H3. The first-order valence-electron chi connectivity index (χ1n) is 5.02. The molecule has 0 aliphatic rings. The van der Waals surface area contributed by atoms with Crippen LogP contribution in [0.2, 0.25) is 0 Å². The molecule has 0 saturated carbocycles. The largest absolute Gasteiger partial charge is 0.396 e. The van der Waals surface area contributed by atoms with Crippen molar-refractivity contribution in [1.29, 1.82) is 0 Å². The Bertz CT molecular complexity index is 238. The average molecular weight is 223 g/mol. The molecule has 0 aromatic carbocycles. The maximum Gasteiger partial charge on any atom is 0.214 e. The predicted molar refractivity (Wildman–Crippen MR) is 57.6 cm³/mol. The van der Waals surface area contributed by atoms with E-state index in [0.717, 1.165) is 6.42 Å². The second-order valence-electron chi connectivity index (χ2n) is 3.52. The van der Waals surface area contributed by atoms with Gasteiger partial charge in [0.1, 0.15) is 0 Å². The molecule has 0 radical (unpaired) electrons. The molecule has 1 N–H and O–H groups in total. The van der Waals surface area contributed by atoms with Crippen molar-refractivity contribution in [3.8, 4) is 0 Å². The van der Waals surface area contributed by atoms with Gasteiger partial charge in [-0.2, -0.15) is 0 Å². The highest BCUT2D eigenvalue weighted by Crippen LogP contribution is 2.09. The SMILES string of the molecule is CCC(C)N(C)S(=O)(=O)CCCCO.